The van der Waals surface area contributed by atoms with E-state index in [-0.39, 0.29) is 0 Å². The van der Waals surface area contributed by atoms with Gasteiger partial charge in [0.2, 0.25) is 0 Å². The number of nitrogens with zero attached hydrogens (tertiary/aromatic N) is 2. The summed E-state index contributed by atoms with van der Waals surface area (Å²) in [7, 11) is 1.87. The van der Waals surface area contributed by atoms with Crippen molar-refractivity contribution in [2.24, 2.45) is 5.92 Å². The fourth-order valence-electron chi connectivity index (χ4n) is 3.56. The number of anilines is 1. The van der Waals surface area contributed by atoms with Crippen LogP contribution in [0.2, 0.25) is 0 Å². The Morgan fingerprint density at radius 1 is 1.44 bits per heavy atom. The third-order valence-corrected chi connectivity index (χ3v) is 4.39. The van der Waals surface area contributed by atoms with Crippen molar-refractivity contribution in [2.45, 2.75) is 45.1 Å². The van der Waals surface area contributed by atoms with Crippen LogP contribution in [-0.2, 0) is 12.8 Å². The summed E-state index contributed by atoms with van der Waals surface area (Å²) < 4.78 is 5.78. The van der Waals surface area contributed by atoms with E-state index in [0.29, 0.717) is 12.1 Å². The summed E-state index contributed by atoms with van der Waals surface area (Å²) >= 11 is 0. The van der Waals surface area contributed by atoms with E-state index in [9.17, 15) is 0 Å². The number of oxazole rings is 1. The van der Waals surface area contributed by atoms with Crippen molar-refractivity contribution in [3.8, 4) is 0 Å². The predicted molar refractivity (Wildman–Crippen MR) is 71.8 cm³/mol. The molecule has 2 aliphatic rings. The van der Waals surface area contributed by atoms with Crippen molar-refractivity contribution in [2.75, 3.05) is 25.5 Å². The molecule has 0 amide bonds. The van der Waals surface area contributed by atoms with Crippen LogP contribution >= 0.6 is 0 Å². The number of aromatic nitrogens is 1. The van der Waals surface area contributed by atoms with Gasteiger partial charge < -0.3 is 9.73 Å². The van der Waals surface area contributed by atoms with E-state index in [2.05, 4.69) is 22.1 Å². The molecule has 18 heavy (non-hydrogen) atoms. The molecule has 2 atom stereocenters. The lowest BCUT2D eigenvalue weighted by Gasteiger charge is -2.43. The van der Waals surface area contributed by atoms with Gasteiger partial charge in [0.25, 0.3) is 6.01 Å². The Balaban J connectivity index is 1.82. The van der Waals surface area contributed by atoms with Gasteiger partial charge in [0, 0.05) is 19.5 Å². The van der Waals surface area contributed by atoms with E-state index in [0.717, 1.165) is 24.5 Å². The minimum absolute atomic E-state index is 0.681. The summed E-state index contributed by atoms with van der Waals surface area (Å²) in [4.78, 5) is 7.20. The van der Waals surface area contributed by atoms with E-state index in [1.807, 2.05) is 7.05 Å². The highest BCUT2D eigenvalue weighted by molar-refractivity contribution is 5.28. The zero-order valence-electron chi connectivity index (χ0n) is 11.4. The molecule has 1 aliphatic carbocycles. The monoisotopic (exact) mass is 249 g/mol. The molecule has 1 aromatic heterocycles. The first kappa shape index (κ1) is 12.0. The van der Waals surface area contributed by atoms with Crippen molar-refractivity contribution in [1.29, 1.82) is 0 Å². The van der Waals surface area contributed by atoms with Gasteiger partial charge in [0.1, 0.15) is 5.76 Å². The van der Waals surface area contributed by atoms with Gasteiger partial charge in [-0.1, -0.05) is 6.92 Å². The summed E-state index contributed by atoms with van der Waals surface area (Å²) in [5.74, 6) is 1.90. The van der Waals surface area contributed by atoms with E-state index in [1.54, 1.807) is 0 Å². The molecule has 1 saturated heterocycles. The molecule has 1 aromatic rings. The molecular formula is C14H23N3O. The molecule has 1 aliphatic heterocycles. The summed E-state index contributed by atoms with van der Waals surface area (Å²) in [5, 5.41) is 3.01. The molecule has 3 rings (SSSR count). The third-order valence-electron chi connectivity index (χ3n) is 4.39. The first-order valence-corrected chi connectivity index (χ1v) is 7.22. The summed E-state index contributed by atoms with van der Waals surface area (Å²) in [5.41, 5.74) is 1.19. The normalized spacial score (nSPS) is 27.7. The smallest absolute Gasteiger partial charge is 0.294 e. The lowest BCUT2D eigenvalue weighted by molar-refractivity contribution is 0.0800. The number of piperidine rings is 1. The molecule has 0 unspecified atom stereocenters. The third kappa shape index (κ3) is 2.03. The molecule has 0 spiro atoms. The topological polar surface area (TPSA) is 41.3 Å². The van der Waals surface area contributed by atoms with Gasteiger partial charge >= 0.3 is 0 Å². The van der Waals surface area contributed by atoms with Crippen LogP contribution in [-0.4, -0.2) is 36.1 Å². The van der Waals surface area contributed by atoms with Crippen LogP contribution < -0.4 is 5.32 Å². The number of rotatable bonds is 3. The minimum Gasteiger partial charge on any atom is -0.428 e. The van der Waals surface area contributed by atoms with Crippen LogP contribution in [0.25, 0.3) is 0 Å². The Morgan fingerprint density at radius 3 is 3.11 bits per heavy atom. The molecule has 1 fully saturated rings. The number of hydrogen-bond acceptors (Lipinski definition) is 4. The van der Waals surface area contributed by atoms with E-state index < -0.39 is 0 Å². The van der Waals surface area contributed by atoms with Gasteiger partial charge in [-0.25, -0.2) is 0 Å². The van der Waals surface area contributed by atoms with Gasteiger partial charge in [-0.2, -0.15) is 4.98 Å². The van der Waals surface area contributed by atoms with Gasteiger partial charge in [0.05, 0.1) is 5.69 Å². The number of fused-ring (bicyclic) bond motifs is 2. The average molecular weight is 249 g/mol. The average Bonchev–Trinajstić information content (AvgIpc) is 2.79. The van der Waals surface area contributed by atoms with Crippen molar-refractivity contribution < 1.29 is 4.42 Å². The van der Waals surface area contributed by atoms with Crippen molar-refractivity contribution in [1.82, 2.24) is 9.88 Å². The standard InChI is InChI=1S/C14H23N3O/c1-3-6-17-7-4-5-10-8-11-13(9-12(10)17)18-14(15-2)16-11/h10,12H,3-9H2,1-2H3,(H,15,16)/t10-,12-/m0/s1. The van der Waals surface area contributed by atoms with Gasteiger partial charge in [0.15, 0.2) is 0 Å². The van der Waals surface area contributed by atoms with E-state index in [1.165, 1.54) is 38.0 Å². The molecule has 1 N–H and O–H groups in total. The SMILES string of the molecule is CCCN1CCC[C@H]2Cc3nc(NC)oc3C[C@@H]21. The first-order valence-electron chi connectivity index (χ1n) is 7.22. The zero-order chi connectivity index (χ0) is 12.5. The number of nitrogens with one attached hydrogen (secondary N) is 1. The van der Waals surface area contributed by atoms with Crippen molar-refractivity contribution in [3.05, 3.63) is 11.5 Å². The largest absolute Gasteiger partial charge is 0.428 e. The van der Waals surface area contributed by atoms with Crippen LogP contribution in [0.4, 0.5) is 6.01 Å². The molecule has 0 saturated carbocycles. The predicted octanol–water partition coefficient (Wildman–Crippen LogP) is 2.31. The molecule has 2 heterocycles. The van der Waals surface area contributed by atoms with Crippen molar-refractivity contribution >= 4 is 6.01 Å². The van der Waals surface area contributed by atoms with E-state index in [4.69, 9.17) is 4.42 Å². The van der Waals surface area contributed by atoms with Gasteiger partial charge in [-0.15, -0.1) is 0 Å². The summed E-state index contributed by atoms with van der Waals surface area (Å²) in [6.45, 7) is 4.76. The molecule has 0 radical (unpaired) electrons. The lowest BCUT2D eigenvalue weighted by atomic mass is 9.79. The molecule has 100 valence electrons. The quantitative estimate of drug-likeness (QED) is 0.892. The molecule has 4 heteroatoms. The van der Waals surface area contributed by atoms with Crippen LogP contribution in [0.1, 0.15) is 37.6 Å². The van der Waals surface area contributed by atoms with Crippen LogP contribution in [0.5, 0.6) is 0 Å². The second-order valence-electron chi connectivity index (χ2n) is 5.55. The maximum atomic E-state index is 5.78. The summed E-state index contributed by atoms with van der Waals surface area (Å²) in [6, 6.07) is 1.37. The maximum Gasteiger partial charge on any atom is 0.294 e. The Kier molecular flexibility index (Phi) is 3.29. The second-order valence-corrected chi connectivity index (χ2v) is 5.55. The number of likely N-dealkylation sites (tertiary alicyclic amines) is 1. The highest BCUT2D eigenvalue weighted by Gasteiger charge is 2.37. The van der Waals surface area contributed by atoms with E-state index >= 15 is 0 Å². The molecule has 4 nitrogen and oxygen atoms in total. The Morgan fingerprint density at radius 2 is 2.33 bits per heavy atom. The zero-order valence-corrected chi connectivity index (χ0v) is 11.4. The highest BCUT2D eigenvalue weighted by Crippen LogP contribution is 2.35. The number of hydrogen-bond donors (Lipinski definition) is 1. The molecule has 0 aromatic carbocycles. The molecule has 0 bridgehead atoms. The van der Waals surface area contributed by atoms with Crippen LogP contribution in [0, 0.1) is 5.92 Å². The lowest BCUT2D eigenvalue weighted by Crippen LogP contribution is -2.49. The van der Waals surface area contributed by atoms with Crippen LogP contribution in [0.15, 0.2) is 4.42 Å². The fraction of sp³-hybridized carbons (Fsp3) is 0.786. The Hall–Kier alpha value is -1.03. The Labute approximate surface area is 109 Å². The second kappa shape index (κ2) is 4.92. The minimum atomic E-state index is 0.681. The summed E-state index contributed by atoms with van der Waals surface area (Å²) in [6.07, 6.45) is 6.09. The van der Waals surface area contributed by atoms with Gasteiger partial charge in [-0.05, 0) is 44.7 Å². The highest BCUT2D eigenvalue weighted by atomic mass is 16.4. The first-order chi connectivity index (χ1) is 8.81. The van der Waals surface area contributed by atoms with Crippen LogP contribution in [0.3, 0.4) is 0 Å². The van der Waals surface area contributed by atoms with Crippen molar-refractivity contribution in [3.63, 3.8) is 0 Å². The van der Waals surface area contributed by atoms with Gasteiger partial charge in [-0.3, -0.25) is 4.90 Å². The maximum absolute atomic E-state index is 5.78. The molecular weight excluding hydrogens is 226 g/mol. The fourth-order valence-corrected chi connectivity index (χ4v) is 3.56. The Bertz CT molecular complexity index is 413.